The lowest BCUT2D eigenvalue weighted by Gasteiger charge is -2.16. The van der Waals surface area contributed by atoms with Crippen molar-refractivity contribution >= 4 is 38.2 Å². The zero-order chi connectivity index (χ0) is 14.6. The van der Waals surface area contributed by atoms with Crippen LogP contribution >= 0.6 is 0 Å². The standard InChI is InChI=1S/C19H15NO/c1-11(19(20)21)15-9-7-14-6-5-12-3-2-4-13-8-10-16(15)18(14)17(12)13/h2-11H,1H3,(H2,20,21). The summed E-state index contributed by atoms with van der Waals surface area (Å²) < 4.78 is 0. The Hall–Kier alpha value is -2.61. The summed E-state index contributed by atoms with van der Waals surface area (Å²) in [5.74, 6) is -0.570. The van der Waals surface area contributed by atoms with Gasteiger partial charge in [0.05, 0.1) is 5.92 Å². The summed E-state index contributed by atoms with van der Waals surface area (Å²) in [5.41, 5.74) is 6.51. The minimum absolute atomic E-state index is 0.283. The van der Waals surface area contributed by atoms with Crippen LogP contribution in [-0.2, 0) is 4.79 Å². The second kappa shape index (κ2) is 4.19. The number of nitrogens with two attached hydrogens (primary N) is 1. The second-order valence-electron chi connectivity index (χ2n) is 5.63. The summed E-state index contributed by atoms with van der Waals surface area (Å²) in [4.78, 5) is 11.6. The van der Waals surface area contributed by atoms with Crippen LogP contribution in [0.5, 0.6) is 0 Å². The molecule has 0 saturated heterocycles. The third-order valence-electron chi connectivity index (χ3n) is 4.46. The van der Waals surface area contributed by atoms with Crippen LogP contribution in [0.15, 0.2) is 54.6 Å². The van der Waals surface area contributed by atoms with E-state index in [9.17, 15) is 4.79 Å². The van der Waals surface area contributed by atoms with Crippen LogP contribution in [0.2, 0.25) is 0 Å². The third kappa shape index (κ3) is 1.62. The number of hydrogen-bond acceptors (Lipinski definition) is 1. The van der Waals surface area contributed by atoms with Crippen molar-refractivity contribution in [3.05, 3.63) is 60.2 Å². The van der Waals surface area contributed by atoms with Gasteiger partial charge in [0.2, 0.25) is 5.91 Å². The molecule has 0 aliphatic carbocycles. The van der Waals surface area contributed by atoms with Crippen molar-refractivity contribution in [3.63, 3.8) is 0 Å². The maximum atomic E-state index is 11.6. The topological polar surface area (TPSA) is 43.1 Å². The summed E-state index contributed by atoms with van der Waals surface area (Å²) >= 11 is 0. The molecule has 0 bridgehead atoms. The molecule has 1 atom stereocenters. The van der Waals surface area contributed by atoms with Crippen molar-refractivity contribution in [3.8, 4) is 0 Å². The van der Waals surface area contributed by atoms with E-state index >= 15 is 0 Å². The predicted octanol–water partition coefficient (Wildman–Crippen LogP) is 4.17. The lowest BCUT2D eigenvalue weighted by atomic mass is 9.88. The van der Waals surface area contributed by atoms with E-state index in [4.69, 9.17) is 5.73 Å². The predicted molar refractivity (Wildman–Crippen MR) is 87.8 cm³/mol. The van der Waals surface area contributed by atoms with E-state index in [1.807, 2.05) is 13.0 Å². The van der Waals surface area contributed by atoms with Gasteiger partial charge in [0.25, 0.3) is 0 Å². The fraction of sp³-hybridized carbons (Fsp3) is 0.105. The quantitative estimate of drug-likeness (QED) is 0.547. The van der Waals surface area contributed by atoms with E-state index in [0.29, 0.717) is 0 Å². The van der Waals surface area contributed by atoms with Crippen LogP contribution in [0, 0.1) is 0 Å². The number of benzene rings is 4. The molecule has 0 spiro atoms. The van der Waals surface area contributed by atoms with E-state index in [2.05, 4.69) is 48.5 Å². The van der Waals surface area contributed by atoms with Crippen LogP contribution in [-0.4, -0.2) is 5.91 Å². The molecule has 1 amide bonds. The average molecular weight is 273 g/mol. The van der Waals surface area contributed by atoms with Crippen molar-refractivity contribution in [2.45, 2.75) is 12.8 Å². The maximum absolute atomic E-state index is 11.6. The molecule has 2 N–H and O–H groups in total. The fourth-order valence-electron chi connectivity index (χ4n) is 3.29. The molecular formula is C19H15NO. The Morgan fingerprint density at radius 2 is 1.43 bits per heavy atom. The zero-order valence-electron chi connectivity index (χ0n) is 11.8. The van der Waals surface area contributed by atoms with Gasteiger partial charge < -0.3 is 5.73 Å². The fourth-order valence-corrected chi connectivity index (χ4v) is 3.29. The van der Waals surface area contributed by atoms with Gasteiger partial charge >= 0.3 is 0 Å². The number of carbonyl (C=O) groups is 1. The number of rotatable bonds is 2. The molecule has 0 heterocycles. The molecule has 0 aliphatic heterocycles. The van der Waals surface area contributed by atoms with Gasteiger partial charge in [-0.1, -0.05) is 54.6 Å². The first kappa shape index (κ1) is 12.2. The highest BCUT2D eigenvalue weighted by atomic mass is 16.1. The SMILES string of the molecule is CC(C(N)=O)c1ccc2ccc3cccc4ccc1c2c34. The minimum atomic E-state index is -0.287. The van der Waals surface area contributed by atoms with Crippen molar-refractivity contribution < 1.29 is 4.79 Å². The van der Waals surface area contributed by atoms with Gasteiger partial charge in [0.15, 0.2) is 0 Å². The first-order chi connectivity index (χ1) is 10.2. The van der Waals surface area contributed by atoms with Crippen molar-refractivity contribution in [1.82, 2.24) is 0 Å². The molecule has 0 fully saturated rings. The van der Waals surface area contributed by atoms with E-state index < -0.39 is 0 Å². The van der Waals surface area contributed by atoms with Crippen LogP contribution in [0.4, 0.5) is 0 Å². The summed E-state index contributed by atoms with van der Waals surface area (Å²) in [5, 5.41) is 7.30. The molecule has 0 aromatic heterocycles. The van der Waals surface area contributed by atoms with Crippen LogP contribution < -0.4 is 5.73 Å². The molecule has 2 nitrogen and oxygen atoms in total. The molecule has 4 aromatic rings. The summed E-state index contributed by atoms with van der Waals surface area (Å²) in [6.45, 7) is 1.87. The van der Waals surface area contributed by atoms with Crippen molar-refractivity contribution in [2.24, 2.45) is 5.73 Å². The molecule has 2 heteroatoms. The van der Waals surface area contributed by atoms with Crippen LogP contribution in [0.1, 0.15) is 18.4 Å². The lowest BCUT2D eigenvalue weighted by molar-refractivity contribution is -0.119. The van der Waals surface area contributed by atoms with E-state index in [-0.39, 0.29) is 11.8 Å². The van der Waals surface area contributed by atoms with Gasteiger partial charge in [-0.3, -0.25) is 4.79 Å². The number of hydrogen-bond donors (Lipinski definition) is 1. The molecule has 0 saturated carbocycles. The highest BCUT2D eigenvalue weighted by Crippen LogP contribution is 2.37. The third-order valence-corrected chi connectivity index (χ3v) is 4.46. The van der Waals surface area contributed by atoms with Crippen LogP contribution in [0.3, 0.4) is 0 Å². The molecule has 21 heavy (non-hydrogen) atoms. The molecule has 0 radical (unpaired) electrons. The molecule has 4 aromatic carbocycles. The second-order valence-corrected chi connectivity index (χ2v) is 5.63. The Balaban J connectivity index is 2.23. The van der Waals surface area contributed by atoms with Crippen LogP contribution in [0.25, 0.3) is 32.3 Å². The van der Waals surface area contributed by atoms with E-state index in [1.54, 1.807) is 0 Å². The first-order valence-corrected chi connectivity index (χ1v) is 7.12. The van der Waals surface area contributed by atoms with Gasteiger partial charge in [0, 0.05) is 0 Å². The van der Waals surface area contributed by atoms with Gasteiger partial charge in [-0.15, -0.1) is 0 Å². The molecule has 0 aliphatic rings. The minimum Gasteiger partial charge on any atom is -0.369 e. The summed E-state index contributed by atoms with van der Waals surface area (Å²) in [7, 11) is 0. The highest BCUT2D eigenvalue weighted by molar-refractivity contribution is 6.23. The number of primary amides is 1. The van der Waals surface area contributed by atoms with Crippen molar-refractivity contribution in [2.75, 3.05) is 0 Å². The average Bonchev–Trinajstić information content (AvgIpc) is 2.51. The summed E-state index contributed by atoms with van der Waals surface area (Å²) in [6.07, 6.45) is 0. The Morgan fingerprint density at radius 3 is 2.10 bits per heavy atom. The van der Waals surface area contributed by atoms with Gasteiger partial charge in [0.1, 0.15) is 0 Å². The maximum Gasteiger partial charge on any atom is 0.224 e. The van der Waals surface area contributed by atoms with Gasteiger partial charge in [-0.2, -0.15) is 0 Å². The Labute approximate surface area is 122 Å². The zero-order valence-corrected chi connectivity index (χ0v) is 11.8. The van der Waals surface area contributed by atoms with Gasteiger partial charge in [-0.05, 0) is 44.8 Å². The van der Waals surface area contributed by atoms with Crippen molar-refractivity contribution in [1.29, 1.82) is 0 Å². The molecular weight excluding hydrogens is 258 g/mol. The van der Waals surface area contributed by atoms with E-state index in [1.165, 1.54) is 26.9 Å². The first-order valence-electron chi connectivity index (χ1n) is 7.12. The Kier molecular flexibility index (Phi) is 2.43. The molecule has 1 unspecified atom stereocenters. The lowest BCUT2D eigenvalue weighted by Crippen LogP contribution is -2.18. The normalized spacial score (nSPS) is 13.2. The largest absolute Gasteiger partial charge is 0.369 e. The monoisotopic (exact) mass is 273 g/mol. The molecule has 4 rings (SSSR count). The van der Waals surface area contributed by atoms with Gasteiger partial charge in [-0.25, -0.2) is 0 Å². The number of amides is 1. The van der Waals surface area contributed by atoms with E-state index in [0.717, 1.165) is 10.9 Å². The highest BCUT2D eigenvalue weighted by Gasteiger charge is 2.17. The summed E-state index contributed by atoms with van der Waals surface area (Å²) in [6, 6.07) is 19.0. The molecule has 102 valence electrons. The Morgan fingerprint density at radius 1 is 0.857 bits per heavy atom. The number of carbonyl (C=O) groups excluding carboxylic acids is 1. The Bertz CT molecular complexity index is 971. The smallest absolute Gasteiger partial charge is 0.224 e.